The molecule has 5 nitrogen and oxygen atoms in total. The highest BCUT2D eigenvalue weighted by Gasteiger charge is 2.12. The summed E-state index contributed by atoms with van der Waals surface area (Å²) in [5.41, 5.74) is 1.74. The maximum absolute atomic E-state index is 11.4. The number of benzene rings is 1. The highest BCUT2D eigenvalue weighted by Crippen LogP contribution is 2.30. The first-order chi connectivity index (χ1) is 8.66. The molecule has 1 aromatic carbocycles. The van der Waals surface area contributed by atoms with Crippen molar-refractivity contribution in [3.63, 3.8) is 0 Å². The van der Waals surface area contributed by atoms with Crippen LogP contribution in [-0.2, 0) is 0 Å². The molecule has 3 rings (SSSR count). The molecule has 6 heteroatoms. The van der Waals surface area contributed by atoms with E-state index in [1.807, 2.05) is 24.3 Å². The van der Waals surface area contributed by atoms with E-state index >= 15 is 0 Å². The Bertz CT molecular complexity index is 791. The molecule has 90 valence electrons. The van der Waals surface area contributed by atoms with Gasteiger partial charge in [-0.25, -0.2) is 0 Å². The van der Waals surface area contributed by atoms with Gasteiger partial charge in [0, 0.05) is 15.6 Å². The molecule has 2 heterocycles. The minimum atomic E-state index is -0.367. The van der Waals surface area contributed by atoms with Crippen molar-refractivity contribution in [2.75, 3.05) is 0 Å². The molecule has 3 aromatic rings. The standard InChI is InChI=1S/C12H8BrN3O2/c13-9-4-2-1-3-7(9)8-6-14-16-11(18)5-10(17)15-12(8)16/h1-6,18H,(H,15,17). The van der Waals surface area contributed by atoms with Crippen molar-refractivity contribution in [1.82, 2.24) is 14.6 Å². The number of hydrogen-bond donors (Lipinski definition) is 2. The molecule has 0 bridgehead atoms. The summed E-state index contributed by atoms with van der Waals surface area (Å²) < 4.78 is 2.18. The SMILES string of the molecule is O=c1cc(O)n2ncc(-c3ccccc3Br)c2[nH]1. The average Bonchev–Trinajstić information content (AvgIpc) is 2.73. The van der Waals surface area contributed by atoms with E-state index in [1.165, 1.54) is 4.52 Å². The fourth-order valence-electron chi connectivity index (χ4n) is 1.85. The molecule has 0 fully saturated rings. The van der Waals surface area contributed by atoms with Crippen LogP contribution in [0.15, 0.2) is 45.8 Å². The van der Waals surface area contributed by atoms with Crippen LogP contribution in [0.2, 0.25) is 0 Å². The summed E-state index contributed by atoms with van der Waals surface area (Å²) in [6, 6.07) is 8.69. The largest absolute Gasteiger partial charge is 0.493 e. The first kappa shape index (κ1) is 11.0. The van der Waals surface area contributed by atoms with Gasteiger partial charge in [0.2, 0.25) is 5.88 Å². The smallest absolute Gasteiger partial charge is 0.254 e. The van der Waals surface area contributed by atoms with Gasteiger partial charge in [0.25, 0.3) is 5.56 Å². The predicted molar refractivity (Wildman–Crippen MR) is 70.6 cm³/mol. The van der Waals surface area contributed by atoms with E-state index in [2.05, 4.69) is 26.0 Å². The molecule has 0 spiro atoms. The normalized spacial score (nSPS) is 10.9. The van der Waals surface area contributed by atoms with Crippen molar-refractivity contribution in [2.45, 2.75) is 0 Å². The van der Waals surface area contributed by atoms with Crippen LogP contribution in [0, 0.1) is 0 Å². The highest BCUT2D eigenvalue weighted by atomic mass is 79.9. The van der Waals surface area contributed by atoms with E-state index in [0.717, 1.165) is 21.7 Å². The molecular weight excluding hydrogens is 298 g/mol. The molecular formula is C12H8BrN3O2. The van der Waals surface area contributed by atoms with Gasteiger partial charge >= 0.3 is 0 Å². The van der Waals surface area contributed by atoms with E-state index in [-0.39, 0.29) is 11.4 Å². The van der Waals surface area contributed by atoms with Crippen LogP contribution in [0.25, 0.3) is 16.8 Å². The summed E-state index contributed by atoms with van der Waals surface area (Å²) in [6.45, 7) is 0. The zero-order valence-corrected chi connectivity index (χ0v) is 10.7. The van der Waals surface area contributed by atoms with Gasteiger partial charge in [0.05, 0.1) is 12.3 Å². The third-order valence-corrected chi connectivity index (χ3v) is 3.34. The fraction of sp³-hybridized carbons (Fsp3) is 0. The van der Waals surface area contributed by atoms with Gasteiger partial charge in [-0.3, -0.25) is 4.79 Å². The zero-order valence-electron chi connectivity index (χ0n) is 9.09. The minimum Gasteiger partial charge on any atom is -0.493 e. The summed E-state index contributed by atoms with van der Waals surface area (Å²) in [5, 5.41) is 13.7. The lowest BCUT2D eigenvalue weighted by Crippen LogP contribution is -2.07. The van der Waals surface area contributed by atoms with Crippen LogP contribution in [0.1, 0.15) is 0 Å². The van der Waals surface area contributed by atoms with Gasteiger partial charge in [-0.05, 0) is 6.07 Å². The Balaban J connectivity index is 2.38. The van der Waals surface area contributed by atoms with Crippen LogP contribution >= 0.6 is 15.9 Å². The quantitative estimate of drug-likeness (QED) is 0.724. The molecule has 0 amide bonds. The molecule has 0 saturated heterocycles. The Kier molecular flexibility index (Phi) is 2.45. The second-order valence-electron chi connectivity index (χ2n) is 3.79. The number of rotatable bonds is 1. The number of aromatic hydroxyl groups is 1. The third-order valence-electron chi connectivity index (χ3n) is 2.65. The van der Waals surface area contributed by atoms with E-state index < -0.39 is 0 Å². The van der Waals surface area contributed by atoms with Crippen molar-refractivity contribution < 1.29 is 5.11 Å². The van der Waals surface area contributed by atoms with E-state index in [4.69, 9.17) is 0 Å². The van der Waals surface area contributed by atoms with E-state index in [1.54, 1.807) is 6.20 Å². The monoisotopic (exact) mass is 305 g/mol. The summed E-state index contributed by atoms with van der Waals surface area (Å²) in [4.78, 5) is 14.1. The molecule has 0 unspecified atom stereocenters. The maximum Gasteiger partial charge on any atom is 0.254 e. The lowest BCUT2D eigenvalue weighted by atomic mass is 10.1. The lowest BCUT2D eigenvalue weighted by Gasteiger charge is -2.02. The maximum atomic E-state index is 11.4. The fourth-order valence-corrected chi connectivity index (χ4v) is 2.35. The van der Waals surface area contributed by atoms with Crippen LogP contribution in [0.3, 0.4) is 0 Å². The number of H-pyrrole nitrogens is 1. The van der Waals surface area contributed by atoms with Gasteiger partial charge < -0.3 is 10.1 Å². The number of nitrogens with one attached hydrogen (secondary N) is 1. The van der Waals surface area contributed by atoms with Crippen molar-refractivity contribution in [3.05, 3.63) is 51.4 Å². The van der Waals surface area contributed by atoms with Gasteiger partial charge in [-0.1, -0.05) is 34.1 Å². The molecule has 0 aliphatic heterocycles. The molecule has 2 aromatic heterocycles. The zero-order chi connectivity index (χ0) is 12.7. The molecule has 0 radical (unpaired) electrons. The topological polar surface area (TPSA) is 70.4 Å². The highest BCUT2D eigenvalue weighted by molar-refractivity contribution is 9.10. The van der Waals surface area contributed by atoms with Crippen molar-refractivity contribution >= 4 is 21.6 Å². The number of halogens is 1. The first-order valence-corrected chi connectivity index (χ1v) is 6.01. The average molecular weight is 306 g/mol. The molecule has 0 aliphatic carbocycles. The Morgan fingerprint density at radius 2 is 2.06 bits per heavy atom. The van der Waals surface area contributed by atoms with Crippen LogP contribution < -0.4 is 5.56 Å². The summed E-state index contributed by atoms with van der Waals surface area (Å²) in [5.74, 6) is -0.188. The minimum absolute atomic E-state index is 0.188. The van der Waals surface area contributed by atoms with Crippen LogP contribution in [0.4, 0.5) is 0 Å². The summed E-state index contributed by atoms with van der Waals surface area (Å²) >= 11 is 3.45. The van der Waals surface area contributed by atoms with E-state index in [0.29, 0.717) is 5.65 Å². The predicted octanol–water partition coefficient (Wildman–Crippen LogP) is 2.16. The first-order valence-electron chi connectivity index (χ1n) is 5.22. The molecule has 0 aliphatic rings. The van der Waals surface area contributed by atoms with E-state index in [9.17, 15) is 9.90 Å². The van der Waals surface area contributed by atoms with Gasteiger partial charge in [-0.15, -0.1) is 0 Å². The molecule has 2 N–H and O–H groups in total. The second-order valence-corrected chi connectivity index (χ2v) is 4.64. The second kappa shape index (κ2) is 3.99. The van der Waals surface area contributed by atoms with Crippen molar-refractivity contribution in [3.8, 4) is 17.0 Å². The number of aromatic amines is 1. The Morgan fingerprint density at radius 3 is 2.83 bits per heavy atom. The van der Waals surface area contributed by atoms with Crippen LogP contribution in [-0.4, -0.2) is 19.7 Å². The molecule has 0 atom stereocenters. The number of nitrogens with zero attached hydrogens (tertiary/aromatic N) is 2. The van der Waals surface area contributed by atoms with Gasteiger partial charge in [-0.2, -0.15) is 9.61 Å². The Labute approximate surface area is 110 Å². The van der Waals surface area contributed by atoms with Gasteiger partial charge in [0.15, 0.2) is 0 Å². The van der Waals surface area contributed by atoms with Crippen molar-refractivity contribution in [1.29, 1.82) is 0 Å². The van der Waals surface area contributed by atoms with Gasteiger partial charge in [0.1, 0.15) is 5.65 Å². The Hall–Kier alpha value is -2.08. The molecule has 0 saturated carbocycles. The number of hydrogen-bond acceptors (Lipinski definition) is 3. The lowest BCUT2D eigenvalue weighted by molar-refractivity contribution is 0.434. The number of aromatic nitrogens is 3. The van der Waals surface area contributed by atoms with Crippen molar-refractivity contribution in [2.24, 2.45) is 0 Å². The Morgan fingerprint density at radius 1 is 1.28 bits per heavy atom. The molecule has 18 heavy (non-hydrogen) atoms. The summed E-state index contributed by atoms with van der Waals surface area (Å²) in [6.07, 6.45) is 1.60. The van der Waals surface area contributed by atoms with Crippen LogP contribution in [0.5, 0.6) is 5.88 Å². The third kappa shape index (κ3) is 1.62. The summed E-state index contributed by atoms with van der Waals surface area (Å²) in [7, 11) is 0. The number of fused-ring (bicyclic) bond motifs is 1.